The molecular formula is C19H25N3O3. The molecule has 1 aliphatic rings. The number of nitrogens with zero attached hydrogens (tertiary/aromatic N) is 3. The van der Waals surface area contributed by atoms with Gasteiger partial charge < -0.3 is 14.4 Å². The lowest BCUT2D eigenvalue weighted by atomic mass is 9.90. The lowest BCUT2D eigenvalue weighted by Crippen LogP contribution is -2.36. The summed E-state index contributed by atoms with van der Waals surface area (Å²) in [5.74, 6) is 0.651. The highest BCUT2D eigenvalue weighted by atomic mass is 16.5. The SMILES string of the molecule is COC(=O)c1ccccc1CN1CCC(C(O)c2nccn2C)CC1. The Hall–Kier alpha value is -2.18. The molecule has 0 amide bonds. The summed E-state index contributed by atoms with van der Waals surface area (Å²) in [7, 11) is 3.31. The van der Waals surface area contributed by atoms with Crippen molar-refractivity contribution in [2.75, 3.05) is 20.2 Å². The molecule has 1 aromatic carbocycles. The number of hydrogen-bond acceptors (Lipinski definition) is 5. The van der Waals surface area contributed by atoms with Gasteiger partial charge in [-0.1, -0.05) is 18.2 Å². The first kappa shape index (κ1) is 17.6. The first-order valence-electron chi connectivity index (χ1n) is 8.64. The molecular weight excluding hydrogens is 318 g/mol. The number of benzene rings is 1. The van der Waals surface area contributed by atoms with Crippen LogP contribution in [0.1, 0.15) is 40.7 Å². The molecule has 1 unspecified atom stereocenters. The summed E-state index contributed by atoms with van der Waals surface area (Å²) >= 11 is 0. The standard InChI is InChI=1S/C19H25N3O3/c1-21-12-9-20-18(21)17(23)14-7-10-22(11-8-14)13-15-5-3-4-6-16(15)19(24)25-2/h3-6,9,12,14,17,23H,7-8,10-11,13H2,1-2H3. The molecule has 2 aromatic rings. The Kier molecular flexibility index (Phi) is 5.50. The first-order valence-corrected chi connectivity index (χ1v) is 8.64. The van der Waals surface area contributed by atoms with Crippen LogP contribution in [0.2, 0.25) is 0 Å². The average Bonchev–Trinajstić information content (AvgIpc) is 3.07. The Balaban J connectivity index is 1.60. The predicted molar refractivity (Wildman–Crippen MR) is 94.0 cm³/mol. The number of aromatic nitrogens is 2. The molecule has 0 bridgehead atoms. The van der Waals surface area contributed by atoms with Crippen LogP contribution in [-0.2, 0) is 18.3 Å². The van der Waals surface area contributed by atoms with Crippen molar-refractivity contribution in [3.63, 3.8) is 0 Å². The van der Waals surface area contributed by atoms with Crippen LogP contribution in [0.4, 0.5) is 0 Å². The van der Waals surface area contributed by atoms with Crippen molar-refractivity contribution in [1.82, 2.24) is 14.5 Å². The average molecular weight is 343 g/mol. The number of methoxy groups -OCH3 is 1. The van der Waals surface area contributed by atoms with Gasteiger partial charge in [0.1, 0.15) is 11.9 Å². The smallest absolute Gasteiger partial charge is 0.338 e. The molecule has 1 atom stereocenters. The van der Waals surface area contributed by atoms with Crippen molar-refractivity contribution in [1.29, 1.82) is 0 Å². The number of aliphatic hydroxyl groups is 1. The largest absolute Gasteiger partial charge is 0.465 e. The van der Waals surface area contributed by atoms with E-state index in [4.69, 9.17) is 4.74 Å². The maximum Gasteiger partial charge on any atom is 0.338 e. The number of aliphatic hydroxyl groups excluding tert-OH is 1. The van der Waals surface area contributed by atoms with Gasteiger partial charge in [-0.25, -0.2) is 9.78 Å². The first-order chi connectivity index (χ1) is 12.1. The minimum absolute atomic E-state index is 0.216. The van der Waals surface area contributed by atoms with Gasteiger partial charge in [0.25, 0.3) is 0 Å². The number of piperidine rings is 1. The molecule has 0 aliphatic carbocycles. The molecule has 0 spiro atoms. The van der Waals surface area contributed by atoms with Crippen molar-refractivity contribution in [3.8, 4) is 0 Å². The van der Waals surface area contributed by atoms with Crippen LogP contribution >= 0.6 is 0 Å². The highest BCUT2D eigenvalue weighted by Crippen LogP contribution is 2.30. The third kappa shape index (κ3) is 3.91. The zero-order valence-corrected chi connectivity index (χ0v) is 14.8. The van der Waals surface area contributed by atoms with E-state index < -0.39 is 6.10 Å². The topological polar surface area (TPSA) is 67.6 Å². The van der Waals surface area contributed by atoms with E-state index in [0.29, 0.717) is 5.56 Å². The van der Waals surface area contributed by atoms with Gasteiger partial charge >= 0.3 is 5.97 Å². The van der Waals surface area contributed by atoms with E-state index in [-0.39, 0.29) is 11.9 Å². The van der Waals surface area contributed by atoms with E-state index in [0.717, 1.165) is 43.9 Å². The zero-order chi connectivity index (χ0) is 17.8. The summed E-state index contributed by atoms with van der Waals surface area (Å²) in [5.41, 5.74) is 1.61. The van der Waals surface area contributed by atoms with Gasteiger partial charge in [0.2, 0.25) is 0 Å². The Bertz CT molecular complexity index is 720. The summed E-state index contributed by atoms with van der Waals surface area (Å²) in [6.45, 7) is 2.50. The van der Waals surface area contributed by atoms with Crippen LogP contribution in [0.15, 0.2) is 36.7 Å². The molecule has 0 saturated carbocycles. The molecule has 1 fully saturated rings. The number of carbonyl (C=O) groups excluding carboxylic acids is 1. The van der Waals surface area contributed by atoms with E-state index in [9.17, 15) is 9.90 Å². The highest BCUT2D eigenvalue weighted by molar-refractivity contribution is 5.90. The fourth-order valence-corrected chi connectivity index (χ4v) is 3.51. The molecule has 2 heterocycles. The fraction of sp³-hybridized carbons (Fsp3) is 0.474. The van der Waals surface area contributed by atoms with E-state index in [1.165, 1.54) is 7.11 Å². The van der Waals surface area contributed by atoms with Crippen LogP contribution < -0.4 is 0 Å². The van der Waals surface area contributed by atoms with Gasteiger partial charge in [-0.2, -0.15) is 0 Å². The van der Waals surface area contributed by atoms with Crippen molar-refractivity contribution < 1.29 is 14.6 Å². The quantitative estimate of drug-likeness (QED) is 0.843. The van der Waals surface area contributed by atoms with Crippen LogP contribution in [0.5, 0.6) is 0 Å². The van der Waals surface area contributed by atoms with E-state index in [1.807, 2.05) is 36.0 Å². The Morgan fingerprint density at radius 3 is 2.72 bits per heavy atom. The molecule has 1 aromatic heterocycles. The number of hydrogen-bond donors (Lipinski definition) is 1. The summed E-state index contributed by atoms with van der Waals surface area (Å²) in [5, 5.41) is 10.6. The van der Waals surface area contributed by atoms with E-state index >= 15 is 0 Å². The highest BCUT2D eigenvalue weighted by Gasteiger charge is 2.28. The van der Waals surface area contributed by atoms with Crippen molar-refractivity contribution in [2.24, 2.45) is 13.0 Å². The van der Waals surface area contributed by atoms with Crippen molar-refractivity contribution in [2.45, 2.75) is 25.5 Å². The van der Waals surface area contributed by atoms with E-state index in [1.54, 1.807) is 12.3 Å². The summed E-state index contributed by atoms with van der Waals surface area (Å²) in [6.07, 6.45) is 4.88. The minimum Gasteiger partial charge on any atom is -0.465 e. The van der Waals surface area contributed by atoms with Crippen LogP contribution in [0.25, 0.3) is 0 Å². The number of rotatable bonds is 5. The van der Waals surface area contributed by atoms with Crippen molar-refractivity contribution in [3.05, 3.63) is 53.6 Å². The number of imidazole rings is 1. The Morgan fingerprint density at radius 1 is 1.36 bits per heavy atom. The van der Waals surface area contributed by atoms with Gasteiger partial charge in [0, 0.05) is 26.0 Å². The number of likely N-dealkylation sites (tertiary alicyclic amines) is 1. The maximum atomic E-state index is 11.9. The number of ether oxygens (including phenoxy) is 1. The summed E-state index contributed by atoms with van der Waals surface area (Å²) in [6, 6.07) is 7.57. The second-order valence-corrected chi connectivity index (χ2v) is 6.60. The Morgan fingerprint density at radius 2 is 2.08 bits per heavy atom. The second kappa shape index (κ2) is 7.80. The summed E-state index contributed by atoms with van der Waals surface area (Å²) in [4.78, 5) is 18.5. The van der Waals surface area contributed by atoms with Crippen molar-refractivity contribution >= 4 is 5.97 Å². The number of aryl methyl sites for hydroxylation is 1. The molecule has 1 N–H and O–H groups in total. The summed E-state index contributed by atoms with van der Waals surface area (Å²) < 4.78 is 6.75. The molecule has 1 aliphatic heterocycles. The number of carbonyl (C=O) groups is 1. The number of esters is 1. The molecule has 134 valence electrons. The third-order valence-corrected chi connectivity index (χ3v) is 5.02. The zero-order valence-electron chi connectivity index (χ0n) is 14.8. The van der Waals surface area contributed by atoms with Crippen LogP contribution in [0.3, 0.4) is 0 Å². The maximum absolute atomic E-state index is 11.9. The molecule has 1 saturated heterocycles. The van der Waals surface area contributed by atoms with Crippen LogP contribution in [0, 0.1) is 5.92 Å². The molecule has 0 radical (unpaired) electrons. The minimum atomic E-state index is -0.524. The second-order valence-electron chi connectivity index (χ2n) is 6.60. The van der Waals surface area contributed by atoms with Gasteiger partial charge in [0.15, 0.2) is 0 Å². The van der Waals surface area contributed by atoms with E-state index in [2.05, 4.69) is 9.88 Å². The lowest BCUT2D eigenvalue weighted by Gasteiger charge is -2.34. The monoisotopic (exact) mass is 343 g/mol. The molecule has 6 nitrogen and oxygen atoms in total. The lowest BCUT2D eigenvalue weighted by molar-refractivity contribution is 0.0488. The fourth-order valence-electron chi connectivity index (χ4n) is 3.51. The molecule has 6 heteroatoms. The molecule has 25 heavy (non-hydrogen) atoms. The third-order valence-electron chi connectivity index (χ3n) is 5.02. The molecule has 3 rings (SSSR count). The van der Waals surface area contributed by atoms with Gasteiger partial charge in [-0.05, 0) is 43.5 Å². The van der Waals surface area contributed by atoms with Crippen LogP contribution in [-0.4, -0.2) is 45.7 Å². The van der Waals surface area contributed by atoms with Gasteiger partial charge in [0.05, 0.1) is 12.7 Å². The Labute approximate surface area is 148 Å². The van der Waals surface area contributed by atoms with Gasteiger partial charge in [-0.3, -0.25) is 4.90 Å². The predicted octanol–water partition coefficient (Wildman–Crippen LogP) is 2.15. The van der Waals surface area contributed by atoms with Gasteiger partial charge in [-0.15, -0.1) is 0 Å². The normalized spacial score (nSPS) is 17.4.